The fourth-order valence-corrected chi connectivity index (χ4v) is 3.40. The van der Waals surface area contributed by atoms with Crippen LogP contribution in [0.5, 0.6) is 11.5 Å². The van der Waals surface area contributed by atoms with E-state index in [-0.39, 0.29) is 36.4 Å². The van der Waals surface area contributed by atoms with E-state index in [1.165, 1.54) is 18.2 Å². The van der Waals surface area contributed by atoms with E-state index in [0.29, 0.717) is 11.4 Å². The Morgan fingerprint density at radius 1 is 0.917 bits per heavy atom. The number of aryl methyl sites for hydroxylation is 2. The Morgan fingerprint density at radius 2 is 1.58 bits per heavy atom. The molecule has 0 aliphatic heterocycles. The molecule has 0 aliphatic rings. The maximum absolute atomic E-state index is 12.2. The number of Topliss-reactive ketones (excluding diaryl/α,β-unsaturated/α-hetero) is 1. The van der Waals surface area contributed by atoms with Gasteiger partial charge in [0.15, 0.2) is 6.61 Å². The number of ketones is 1. The van der Waals surface area contributed by atoms with Gasteiger partial charge in [-0.25, -0.2) is 0 Å². The number of rotatable bonds is 11. The highest BCUT2D eigenvalue weighted by atomic mass is 16.6. The van der Waals surface area contributed by atoms with E-state index in [0.717, 1.165) is 22.9 Å². The summed E-state index contributed by atoms with van der Waals surface area (Å²) >= 11 is 0. The maximum atomic E-state index is 12.2. The zero-order chi connectivity index (χ0) is 26.1. The molecule has 1 N–H and O–H groups in total. The van der Waals surface area contributed by atoms with Crippen LogP contribution in [0.15, 0.2) is 66.7 Å². The van der Waals surface area contributed by atoms with Crippen molar-refractivity contribution in [2.45, 2.75) is 33.1 Å². The summed E-state index contributed by atoms with van der Waals surface area (Å²) in [7, 11) is 0. The van der Waals surface area contributed by atoms with Crippen LogP contribution in [0.2, 0.25) is 0 Å². The Morgan fingerprint density at radius 3 is 2.25 bits per heavy atom. The average Bonchev–Trinajstić information content (AvgIpc) is 2.86. The van der Waals surface area contributed by atoms with Crippen molar-refractivity contribution in [3.8, 4) is 11.5 Å². The number of nitro benzene ring substituents is 1. The molecule has 0 bridgehead atoms. The third-order valence-electron chi connectivity index (χ3n) is 5.29. The summed E-state index contributed by atoms with van der Waals surface area (Å²) in [5.41, 5.74) is 2.51. The second kappa shape index (κ2) is 12.3. The Bertz CT molecular complexity index is 1250. The van der Waals surface area contributed by atoms with E-state index < -0.39 is 23.3 Å². The Kier molecular flexibility index (Phi) is 8.88. The lowest BCUT2D eigenvalue weighted by Crippen LogP contribution is -2.15. The van der Waals surface area contributed by atoms with Crippen molar-refractivity contribution in [3.05, 3.63) is 93.5 Å². The topological polar surface area (TPSA) is 125 Å². The lowest BCUT2D eigenvalue weighted by molar-refractivity contribution is -0.384. The van der Waals surface area contributed by atoms with Crippen LogP contribution < -0.4 is 10.1 Å². The van der Waals surface area contributed by atoms with Crippen molar-refractivity contribution in [3.63, 3.8) is 0 Å². The lowest BCUT2D eigenvalue weighted by Gasteiger charge is -2.12. The summed E-state index contributed by atoms with van der Waals surface area (Å²) in [4.78, 5) is 46.4. The number of non-ortho nitro benzene ring substituents is 1. The fraction of sp³-hybridized carbons (Fsp3) is 0.222. The van der Waals surface area contributed by atoms with Gasteiger partial charge in [-0.05, 0) is 55.7 Å². The zero-order valence-electron chi connectivity index (χ0n) is 20.0. The largest absolute Gasteiger partial charge is 0.457 e. The molecule has 3 aromatic rings. The van der Waals surface area contributed by atoms with Gasteiger partial charge in [-0.1, -0.05) is 30.3 Å². The molecule has 0 fully saturated rings. The predicted octanol–water partition coefficient (Wildman–Crippen LogP) is 5.54. The van der Waals surface area contributed by atoms with Gasteiger partial charge in [0, 0.05) is 36.2 Å². The van der Waals surface area contributed by atoms with Gasteiger partial charge in [0.05, 0.1) is 4.92 Å². The molecular weight excluding hydrogens is 464 g/mol. The molecule has 1 amide bonds. The van der Waals surface area contributed by atoms with Crippen molar-refractivity contribution < 1.29 is 28.8 Å². The number of esters is 1. The molecule has 0 aliphatic carbocycles. The molecule has 0 heterocycles. The summed E-state index contributed by atoms with van der Waals surface area (Å²) in [5, 5.41) is 13.6. The van der Waals surface area contributed by atoms with E-state index in [1.807, 2.05) is 32.0 Å². The van der Waals surface area contributed by atoms with Crippen LogP contribution in [-0.4, -0.2) is 29.2 Å². The van der Waals surface area contributed by atoms with Crippen LogP contribution in [-0.2, 0) is 14.3 Å². The number of nitro groups is 1. The first-order valence-electron chi connectivity index (χ1n) is 11.3. The van der Waals surface area contributed by atoms with Crippen LogP contribution in [0.25, 0.3) is 0 Å². The third-order valence-corrected chi connectivity index (χ3v) is 5.29. The van der Waals surface area contributed by atoms with Gasteiger partial charge in [-0.2, -0.15) is 0 Å². The number of carbonyl (C=O) groups excluding carboxylic acids is 3. The quantitative estimate of drug-likeness (QED) is 0.162. The molecule has 9 nitrogen and oxygen atoms in total. The molecule has 186 valence electrons. The van der Waals surface area contributed by atoms with Crippen molar-refractivity contribution in [1.82, 2.24) is 0 Å². The number of nitrogens with one attached hydrogen (secondary N) is 1. The van der Waals surface area contributed by atoms with Crippen LogP contribution >= 0.6 is 0 Å². The molecule has 9 heteroatoms. The van der Waals surface area contributed by atoms with Crippen LogP contribution in [0.1, 0.15) is 40.7 Å². The molecule has 0 spiro atoms. The van der Waals surface area contributed by atoms with Crippen LogP contribution in [0.3, 0.4) is 0 Å². The number of para-hydroxylation sites is 1. The lowest BCUT2D eigenvalue weighted by atomic mass is 10.1. The number of nitrogens with zero attached hydrogens (tertiary/aromatic N) is 1. The number of hydrogen-bond acceptors (Lipinski definition) is 7. The van der Waals surface area contributed by atoms with E-state index >= 15 is 0 Å². The summed E-state index contributed by atoms with van der Waals surface area (Å²) in [6.45, 7) is 3.42. The van der Waals surface area contributed by atoms with Crippen LogP contribution in [0, 0.1) is 24.0 Å². The zero-order valence-corrected chi connectivity index (χ0v) is 20.0. The molecule has 3 aromatic carbocycles. The van der Waals surface area contributed by atoms with Crippen molar-refractivity contribution in [2.24, 2.45) is 0 Å². The Hall–Kier alpha value is -4.53. The highest BCUT2D eigenvalue weighted by molar-refractivity contribution is 5.98. The van der Waals surface area contributed by atoms with Crippen LogP contribution in [0.4, 0.5) is 11.4 Å². The van der Waals surface area contributed by atoms with Gasteiger partial charge >= 0.3 is 5.97 Å². The van der Waals surface area contributed by atoms with Gasteiger partial charge in [-0.3, -0.25) is 24.5 Å². The maximum Gasteiger partial charge on any atom is 0.306 e. The van der Waals surface area contributed by atoms with Crippen molar-refractivity contribution in [2.75, 3.05) is 11.9 Å². The minimum atomic E-state index is -0.630. The number of benzene rings is 3. The predicted molar refractivity (Wildman–Crippen MR) is 133 cm³/mol. The molecule has 0 unspecified atom stereocenters. The van der Waals surface area contributed by atoms with Gasteiger partial charge < -0.3 is 14.8 Å². The molecule has 0 saturated heterocycles. The molecule has 0 aromatic heterocycles. The SMILES string of the molecule is Cc1cccc(C)c1Oc1ccc(NC(=O)CCCC(=O)OCC(=O)c2cccc([N+](=O)[O-])c2)cc1. The second-order valence-corrected chi connectivity index (χ2v) is 8.14. The number of carbonyl (C=O) groups is 3. The molecule has 0 saturated carbocycles. The van der Waals surface area contributed by atoms with Gasteiger partial charge in [0.25, 0.3) is 5.69 Å². The molecule has 36 heavy (non-hydrogen) atoms. The summed E-state index contributed by atoms with van der Waals surface area (Å²) < 4.78 is 10.9. The Labute approximate surface area is 208 Å². The third kappa shape index (κ3) is 7.49. The number of hydrogen-bond donors (Lipinski definition) is 1. The first-order valence-corrected chi connectivity index (χ1v) is 11.3. The highest BCUT2D eigenvalue weighted by Gasteiger charge is 2.14. The van der Waals surface area contributed by atoms with Gasteiger partial charge in [-0.15, -0.1) is 0 Å². The molecule has 0 atom stereocenters. The minimum Gasteiger partial charge on any atom is -0.457 e. The fourth-order valence-electron chi connectivity index (χ4n) is 3.40. The number of ether oxygens (including phenoxy) is 2. The molecule has 3 rings (SSSR count). The number of amides is 1. The van der Waals surface area contributed by atoms with E-state index in [4.69, 9.17) is 9.47 Å². The van der Waals surface area contributed by atoms with Gasteiger partial charge in [0.1, 0.15) is 11.5 Å². The highest BCUT2D eigenvalue weighted by Crippen LogP contribution is 2.29. The van der Waals surface area contributed by atoms with Gasteiger partial charge in [0.2, 0.25) is 11.7 Å². The smallest absolute Gasteiger partial charge is 0.306 e. The van der Waals surface area contributed by atoms with E-state index in [9.17, 15) is 24.5 Å². The number of anilines is 1. The molecular formula is C27H26N2O7. The normalized spacial score (nSPS) is 10.4. The first-order chi connectivity index (χ1) is 17.2. The second-order valence-electron chi connectivity index (χ2n) is 8.14. The first kappa shape index (κ1) is 26.1. The van der Waals surface area contributed by atoms with E-state index in [2.05, 4.69) is 5.32 Å². The summed E-state index contributed by atoms with van der Waals surface area (Å²) in [6, 6.07) is 18.1. The van der Waals surface area contributed by atoms with Crippen molar-refractivity contribution >= 4 is 29.0 Å². The van der Waals surface area contributed by atoms with Crippen molar-refractivity contribution in [1.29, 1.82) is 0 Å². The minimum absolute atomic E-state index is 0.0435. The molecule has 0 radical (unpaired) electrons. The standard InChI is InChI=1S/C27H26N2O7/c1-18-6-3-7-19(2)27(18)36-23-14-12-21(13-15-23)28-25(31)10-5-11-26(32)35-17-24(30)20-8-4-9-22(16-20)29(33)34/h3-4,6-9,12-16H,5,10-11,17H2,1-2H3,(H,28,31). The average molecular weight is 491 g/mol. The Balaban J connectivity index is 1.39. The van der Waals surface area contributed by atoms with E-state index in [1.54, 1.807) is 24.3 Å². The summed E-state index contributed by atoms with van der Waals surface area (Å²) in [6.07, 6.45) is 0.288. The summed E-state index contributed by atoms with van der Waals surface area (Å²) in [5.74, 6) is 0.00373. The monoisotopic (exact) mass is 490 g/mol.